The number of rotatable bonds is 9. The lowest BCUT2D eigenvalue weighted by Crippen LogP contribution is -2.45. The molecule has 0 aliphatic heterocycles. The average molecular weight is 349 g/mol. The predicted molar refractivity (Wildman–Crippen MR) is 94.8 cm³/mol. The van der Waals surface area contributed by atoms with Crippen molar-refractivity contribution in [1.82, 2.24) is 15.5 Å². The summed E-state index contributed by atoms with van der Waals surface area (Å²) in [6.45, 7) is 5.89. The van der Waals surface area contributed by atoms with Gasteiger partial charge in [-0.05, 0) is 44.0 Å². The third kappa shape index (κ3) is 6.26. The number of hydrogen-bond donors (Lipinski definition) is 2. The van der Waals surface area contributed by atoms with Crippen LogP contribution in [0.25, 0.3) is 0 Å². The Labute approximate surface area is 148 Å². The van der Waals surface area contributed by atoms with Crippen LogP contribution in [-0.2, 0) is 11.3 Å². The molecule has 2 N–H and O–H groups in total. The fourth-order valence-electron chi connectivity index (χ4n) is 2.44. The van der Waals surface area contributed by atoms with Crippen LogP contribution in [0, 0.1) is 0 Å². The first-order chi connectivity index (χ1) is 12.0. The number of amides is 3. The predicted octanol–water partition coefficient (Wildman–Crippen LogP) is 1.90. The number of hydrogen-bond acceptors (Lipinski definition) is 5. The fraction of sp³-hybridized carbons (Fsp3) is 0.556. The van der Waals surface area contributed by atoms with Crippen LogP contribution in [0.1, 0.15) is 32.3 Å². The Morgan fingerprint density at radius 2 is 2.00 bits per heavy atom. The molecule has 1 aromatic carbocycles. The maximum Gasteiger partial charge on any atom is 0.321 e. The summed E-state index contributed by atoms with van der Waals surface area (Å²) >= 11 is 0. The second kappa shape index (κ2) is 9.27. The zero-order valence-electron chi connectivity index (χ0n) is 15.1. The number of ether oxygens (including phenoxy) is 2. The molecule has 3 amide bonds. The van der Waals surface area contributed by atoms with Crippen molar-refractivity contribution in [2.45, 2.75) is 39.3 Å². The molecule has 2 rings (SSSR count). The van der Waals surface area contributed by atoms with E-state index in [2.05, 4.69) is 10.6 Å². The Morgan fingerprint density at radius 1 is 1.24 bits per heavy atom. The molecule has 138 valence electrons. The third-order valence-electron chi connectivity index (χ3n) is 3.91. The van der Waals surface area contributed by atoms with Gasteiger partial charge in [-0.25, -0.2) is 4.79 Å². The molecule has 0 spiro atoms. The van der Waals surface area contributed by atoms with Gasteiger partial charge in [-0.1, -0.05) is 13.0 Å². The van der Waals surface area contributed by atoms with E-state index in [1.807, 2.05) is 36.9 Å². The zero-order chi connectivity index (χ0) is 18.2. The number of carbonyl (C=O) groups is 2. The zero-order valence-corrected chi connectivity index (χ0v) is 15.1. The molecule has 0 aromatic heterocycles. The van der Waals surface area contributed by atoms with Crippen molar-refractivity contribution in [2.24, 2.45) is 0 Å². The number of nitrogens with zero attached hydrogens (tertiary/aromatic N) is 1. The Morgan fingerprint density at radius 3 is 2.60 bits per heavy atom. The fourth-order valence-corrected chi connectivity index (χ4v) is 2.44. The van der Waals surface area contributed by atoms with E-state index in [-0.39, 0.29) is 18.5 Å². The molecule has 1 aliphatic carbocycles. The molecular weight excluding hydrogens is 322 g/mol. The molecule has 1 fully saturated rings. The summed E-state index contributed by atoms with van der Waals surface area (Å²) in [7, 11) is 1.60. The highest BCUT2D eigenvalue weighted by Crippen LogP contribution is 2.28. The van der Waals surface area contributed by atoms with Crippen LogP contribution in [0.5, 0.6) is 11.5 Å². The molecule has 0 saturated heterocycles. The quantitative estimate of drug-likeness (QED) is 0.712. The topological polar surface area (TPSA) is 79.9 Å². The lowest BCUT2D eigenvalue weighted by molar-refractivity contribution is -0.121. The molecule has 1 saturated carbocycles. The van der Waals surface area contributed by atoms with Gasteiger partial charge in [-0.15, -0.1) is 0 Å². The van der Waals surface area contributed by atoms with E-state index in [1.54, 1.807) is 7.11 Å². The van der Waals surface area contributed by atoms with E-state index in [1.165, 1.54) is 0 Å². The Hall–Kier alpha value is -2.28. The van der Waals surface area contributed by atoms with Crippen LogP contribution in [0.2, 0.25) is 0 Å². The highest BCUT2D eigenvalue weighted by molar-refractivity contribution is 5.95. The second-order valence-corrected chi connectivity index (χ2v) is 6.02. The average Bonchev–Trinajstić information content (AvgIpc) is 3.39. The summed E-state index contributed by atoms with van der Waals surface area (Å²) < 4.78 is 10.9. The first-order valence-electron chi connectivity index (χ1n) is 8.68. The summed E-state index contributed by atoms with van der Waals surface area (Å²) in [5.74, 6) is 1.06. The van der Waals surface area contributed by atoms with E-state index < -0.39 is 6.03 Å². The SMILES string of the molecule is CCOc1ccc(CN(CC)CC(=O)NC(=O)NC2CC2)cc1OC. The van der Waals surface area contributed by atoms with Gasteiger partial charge < -0.3 is 14.8 Å². The Kier molecular flexibility index (Phi) is 7.06. The first kappa shape index (κ1) is 19.1. The molecule has 1 aliphatic rings. The van der Waals surface area contributed by atoms with Gasteiger partial charge in [-0.2, -0.15) is 0 Å². The number of likely N-dealkylation sites (N-methyl/N-ethyl adjacent to an activating group) is 1. The lowest BCUT2D eigenvalue weighted by atomic mass is 10.2. The largest absolute Gasteiger partial charge is 0.493 e. The summed E-state index contributed by atoms with van der Waals surface area (Å²) in [5.41, 5.74) is 1.01. The van der Waals surface area contributed by atoms with E-state index in [4.69, 9.17) is 9.47 Å². The summed E-state index contributed by atoms with van der Waals surface area (Å²) in [6.07, 6.45) is 1.98. The van der Waals surface area contributed by atoms with Crippen molar-refractivity contribution in [2.75, 3.05) is 26.8 Å². The normalized spacial score (nSPS) is 13.4. The number of methoxy groups -OCH3 is 1. The highest BCUT2D eigenvalue weighted by Gasteiger charge is 2.24. The van der Waals surface area contributed by atoms with E-state index in [0.29, 0.717) is 31.2 Å². The van der Waals surface area contributed by atoms with Crippen molar-refractivity contribution >= 4 is 11.9 Å². The van der Waals surface area contributed by atoms with Crippen LogP contribution in [0.3, 0.4) is 0 Å². The van der Waals surface area contributed by atoms with Gasteiger partial charge in [0.1, 0.15) is 0 Å². The minimum Gasteiger partial charge on any atom is -0.493 e. The van der Waals surface area contributed by atoms with Gasteiger partial charge >= 0.3 is 6.03 Å². The minimum atomic E-state index is -0.411. The van der Waals surface area contributed by atoms with Crippen molar-refractivity contribution in [3.63, 3.8) is 0 Å². The van der Waals surface area contributed by atoms with Crippen molar-refractivity contribution in [3.05, 3.63) is 23.8 Å². The first-order valence-corrected chi connectivity index (χ1v) is 8.68. The lowest BCUT2D eigenvalue weighted by Gasteiger charge is -2.20. The number of nitrogens with one attached hydrogen (secondary N) is 2. The molecule has 0 heterocycles. The molecule has 0 bridgehead atoms. The third-order valence-corrected chi connectivity index (χ3v) is 3.91. The van der Waals surface area contributed by atoms with Crippen molar-refractivity contribution < 1.29 is 19.1 Å². The maximum absolute atomic E-state index is 12.0. The summed E-state index contributed by atoms with van der Waals surface area (Å²) in [4.78, 5) is 25.6. The number of carbonyl (C=O) groups excluding carboxylic acids is 2. The second-order valence-electron chi connectivity index (χ2n) is 6.02. The minimum absolute atomic E-state index is 0.157. The van der Waals surface area contributed by atoms with E-state index >= 15 is 0 Å². The molecule has 7 heteroatoms. The van der Waals surface area contributed by atoms with Gasteiger partial charge in [0.2, 0.25) is 5.91 Å². The standard InChI is InChI=1S/C18H27N3O4/c1-4-21(12-17(22)20-18(23)19-14-7-8-14)11-13-6-9-15(25-5-2)16(10-13)24-3/h6,9-10,14H,4-5,7-8,11-12H2,1-3H3,(H2,19,20,22,23). The summed E-state index contributed by atoms with van der Waals surface area (Å²) in [5, 5.41) is 5.11. The molecule has 25 heavy (non-hydrogen) atoms. The van der Waals surface area contributed by atoms with Gasteiger partial charge in [0, 0.05) is 12.6 Å². The van der Waals surface area contributed by atoms with Crippen molar-refractivity contribution in [1.29, 1.82) is 0 Å². The van der Waals surface area contributed by atoms with Gasteiger partial charge in [0.15, 0.2) is 11.5 Å². The smallest absolute Gasteiger partial charge is 0.321 e. The van der Waals surface area contributed by atoms with Crippen LogP contribution >= 0.6 is 0 Å². The highest BCUT2D eigenvalue weighted by atomic mass is 16.5. The van der Waals surface area contributed by atoms with E-state index in [9.17, 15) is 9.59 Å². The summed E-state index contributed by atoms with van der Waals surface area (Å²) in [6, 6.07) is 5.55. The Balaban J connectivity index is 1.89. The number of imide groups is 1. The molecular formula is C18H27N3O4. The van der Waals surface area contributed by atoms with Crippen LogP contribution in [-0.4, -0.2) is 49.7 Å². The monoisotopic (exact) mass is 349 g/mol. The van der Waals surface area contributed by atoms with Gasteiger partial charge in [0.05, 0.1) is 20.3 Å². The maximum atomic E-state index is 12.0. The molecule has 7 nitrogen and oxygen atoms in total. The van der Waals surface area contributed by atoms with Gasteiger partial charge in [-0.3, -0.25) is 15.0 Å². The van der Waals surface area contributed by atoms with E-state index in [0.717, 1.165) is 18.4 Å². The molecule has 0 atom stereocenters. The number of benzene rings is 1. The molecule has 0 radical (unpaired) electrons. The van der Waals surface area contributed by atoms with Gasteiger partial charge in [0.25, 0.3) is 0 Å². The number of urea groups is 1. The van der Waals surface area contributed by atoms with Crippen LogP contribution in [0.15, 0.2) is 18.2 Å². The Bertz CT molecular complexity index is 602. The van der Waals surface area contributed by atoms with Crippen LogP contribution in [0.4, 0.5) is 4.79 Å². The molecule has 1 aromatic rings. The van der Waals surface area contributed by atoms with Crippen molar-refractivity contribution in [3.8, 4) is 11.5 Å². The molecule has 0 unspecified atom stereocenters. The van der Waals surface area contributed by atoms with Crippen LogP contribution < -0.4 is 20.1 Å².